The summed E-state index contributed by atoms with van der Waals surface area (Å²) in [5.74, 6) is 1.66. The molecular formula is C18H18N4O. The lowest BCUT2D eigenvalue weighted by Crippen LogP contribution is -2.28. The van der Waals surface area contributed by atoms with Crippen LogP contribution in [-0.2, 0) is 0 Å². The van der Waals surface area contributed by atoms with Gasteiger partial charge in [-0.1, -0.05) is 42.5 Å². The maximum atomic E-state index is 5.37. The van der Waals surface area contributed by atoms with E-state index < -0.39 is 0 Å². The molecule has 0 fully saturated rings. The fraction of sp³-hybridized carbons (Fsp3) is 0.222. The van der Waals surface area contributed by atoms with E-state index >= 15 is 0 Å². The van der Waals surface area contributed by atoms with Gasteiger partial charge in [0.15, 0.2) is 0 Å². The van der Waals surface area contributed by atoms with Crippen LogP contribution in [0.15, 0.2) is 60.9 Å². The van der Waals surface area contributed by atoms with E-state index in [9.17, 15) is 0 Å². The van der Waals surface area contributed by atoms with E-state index in [4.69, 9.17) is 4.74 Å². The van der Waals surface area contributed by atoms with Crippen molar-refractivity contribution in [2.75, 3.05) is 12.4 Å². The van der Waals surface area contributed by atoms with Crippen molar-refractivity contribution in [1.82, 2.24) is 14.8 Å². The zero-order valence-electron chi connectivity index (χ0n) is 12.9. The van der Waals surface area contributed by atoms with Gasteiger partial charge in [-0.25, -0.2) is 4.68 Å². The van der Waals surface area contributed by atoms with E-state index in [1.807, 2.05) is 22.9 Å². The molecule has 1 aromatic heterocycles. The standard InChI is InChI=1S/C18H18N4O/c1-23-15-9-5-8-14(10-15)17-11-16(13-6-3-2-4-7-13)21-18-19-12-20-22(17)18/h2-10,12,16-17H,11H2,1H3,(H,19,20,21)/t16-,17+/m1/s1. The average Bonchev–Trinajstić information content (AvgIpc) is 3.10. The number of anilines is 1. The molecule has 2 atom stereocenters. The van der Waals surface area contributed by atoms with Gasteiger partial charge < -0.3 is 10.1 Å². The summed E-state index contributed by atoms with van der Waals surface area (Å²) in [5.41, 5.74) is 2.44. The maximum Gasteiger partial charge on any atom is 0.222 e. The van der Waals surface area contributed by atoms with Gasteiger partial charge in [-0.3, -0.25) is 0 Å². The summed E-state index contributed by atoms with van der Waals surface area (Å²) >= 11 is 0. The van der Waals surface area contributed by atoms with Crippen LogP contribution in [0.3, 0.4) is 0 Å². The molecule has 0 radical (unpaired) electrons. The number of fused-ring (bicyclic) bond motifs is 1. The Balaban J connectivity index is 1.74. The highest BCUT2D eigenvalue weighted by Crippen LogP contribution is 2.37. The molecule has 2 heterocycles. The van der Waals surface area contributed by atoms with Gasteiger partial charge >= 0.3 is 0 Å². The molecule has 0 aliphatic carbocycles. The molecule has 0 amide bonds. The molecule has 0 spiro atoms. The summed E-state index contributed by atoms with van der Waals surface area (Å²) in [6.07, 6.45) is 2.51. The third-order valence-corrected chi connectivity index (χ3v) is 4.31. The molecular weight excluding hydrogens is 288 g/mol. The van der Waals surface area contributed by atoms with Gasteiger partial charge in [-0.15, -0.1) is 0 Å². The molecule has 4 rings (SSSR count). The minimum Gasteiger partial charge on any atom is -0.497 e. The zero-order valence-corrected chi connectivity index (χ0v) is 12.9. The molecule has 5 nitrogen and oxygen atoms in total. The first-order chi connectivity index (χ1) is 11.3. The van der Waals surface area contributed by atoms with Gasteiger partial charge in [0.25, 0.3) is 0 Å². The molecule has 0 saturated carbocycles. The van der Waals surface area contributed by atoms with Crippen molar-refractivity contribution < 1.29 is 4.74 Å². The number of hydrogen-bond donors (Lipinski definition) is 1. The molecule has 0 unspecified atom stereocenters. The SMILES string of the molecule is COc1cccc([C@@H]2C[C@H](c3ccccc3)Nc3ncnn32)c1. The van der Waals surface area contributed by atoms with Crippen molar-refractivity contribution in [2.24, 2.45) is 0 Å². The van der Waals surface area contributed by atoms with E-state index in [0.29, 0.717) is 0 Å². The zero-order chi connectivity index (χ0) is 15.6. The highest BCUT2D eigenvalue weighted by atomic mass is 16.5. The van der Waals surface area contributed by atoms with Crippen molar-refractivity contribution in [3.8, 4) is 5.75 Å². The summed E-state index contributed by atoms with van der Waals surface area (Å²) in [5, 5.41) is 7.88. The van der Waals surface area contributed by atoms with Crippen LogP contribution in [0.4, 0.5) is 5.95 Å². The summed E-state index contributed by atoms with van der Waals surface area (Å²) in [6, 6.07) is 19.0. The van der Waals surface area contributed by atoms with Gasteiger partial charge in [0.05, 0.1) is 19.2 Å². The van der Waals surface area contributed by atoms with Gasteiger partial charge in [-0.2, -0.15) is 10.1 Å². The first kappa shape index (κ1) is 13.8. The Labute approximate surface area is 134 Å². The van der Waals surface area contributed by atoms with Crippen LogP contribution in [0.25, 0.3) is 0 Å². The van der Waals surface area contributed by atoms with Crippen LogP contribution in [0.1, 0.15) is 29.6 Å². The van der Waals surface area contributed by atoms with E-state index in [0.717, 1.165) is 18.1 Å². The van der Waals surface area contributed by atoms with Crippen LogP contribution in [0.2, 0.25) is 0 Å². The number of methoxy groups -OCH3 is 1. The normalized spacial score (nSPS) is 19.7. The Morgan fingerprint density at radius 3 is 2.74 bits per heavy atom. The Morgan fingerprint density at radius 2 is 1.91 bits per heavy atom. The molecule has 0 bridgehead atoms. The molecule has 3 aromatic rings. The number of rotatable bonds is 3. The van der Waals surface area contributed by atoms with Crippen molar-refractivity contribution in [2.45, 2.75) is 18.5 Å². The topological polar surface area (TPSA) is 52.0 Å². The lowest BCUT2D eigenvalue weighted by Gasteiger charge is -2.31. The van der Waals surface area contributed by atoms with Crippen LogP contribution in [0, 0.1) is 0 Å². The van der Waals surface area contributed by atoms with Crippen molar-refractivity contribution in [1.29, 1.82) is 0 Å². The molecule has 1 N–H and O–H groups in total. The molecule has 116 valence electrons. The molecule has 5 heteroatoms. The Kier molecular flexibility index (Phi) is 3.46. The van der Waals surface area contributed by atoms with E-state index in [1.165, 1.54) is 11.1 Å². The van der Waals surface area contributed by atoms with Crippen molar-refractivity contribution in [3.63, 3.8) is 0 Å². The summed E-state index contributed by atoms with van der Waals surface area (Å²) in [6.45, 7) is 0. The Morgan fingerprint density at radius 1 is 1.09 bits per heavy atom. The summed E-state index contributed by atoms with van der Waals surface area (Å²) in [7, 11) is 1.69. The molecule has 0 saturated heterocycles. The highest BCUT2D eigenvalue weighted by Gasteiger charge is 2.29. The lowest BCUT2D eigenvalue weighted by molar-refractivity contribution is 0.406. The van der Waals surface area contributed by atoms with Crippen molar-refractivity contribution in [3.05, 3.63) is 72.1 Å². The van der Waals surface area contributed by atoms with Crippen LogP contribution in [0.5, 0.6) is 5.75 Å². The second-order valence-corrected chi connectivity index (χ2v) is 5.66. The van der Waals surface area contributed by atoms with Crippen LogP contribution >= 0.6 is 0 Å². The van der Waals surface area contributed by atoms with Gasteiger partial charge in [0.1, 0.15) is 12.1 Å². The monoisotopic (exact) mass is 306 g/mol. The van der Waals surface area contributed by atoms with Gasteiger partial charge in [-0.05, 0) is 29.7 Å². The van der Waals surface area contributed by atoms with Gasteiger partial charge in [0, 0.05) is 0 Å². The summed E-state index contributed by atoms with van der Waals surface area (Å²) < 4.78 is 7.32. The lowest BCUT2D eigenvalue weighted by atomic mass is 9.93. The van der Waals surface area contributed by atoms with E-state index in [-0.39, 0.29) is 12.1 Å². The third-order valence-electron chi connectivity index (χ3n) is 4.31. The van der Waals surface area contributed by atoms with E-state index in [1.54, 1.807) is 13.4 Å². The van der Waals surface area contributed by atoms with Crippen molar-refractivity contribution >= 4 is 5.95 Å². The fourth-order valence-corrected chi connectivity index (χ4v) is 3.15. The number of hydrogen-bond acceptors (Lipinski definition) is 4. The van der Waals surface area contributed by atoms with Crippen LogP contribution in [-0.4, -0.2) is 21.9 Å². The number of nitrogens with one attached hydrogen (secondary N) is 1. The number of aromatic nitrogens is 3. The average molecular weight is 306 g/mol. The summed E-state index contributed by atoms with van der Waals surface area (Å²) in [4.78, 5) is 4.36. The highest BCUT2D eigenvalue weighted by molar-refractivity contribution is 5.39. The number of benzene rings is 2. The molecule has 1 aliphatic rings. The predicted octanol–water partition coefficient (Wildman–Crippen LogP) is 3.43. The maximum absolute atomic E-state index is 5.37. The number of nitrogens with zero attached hydrogens (tertiary/aromatic N) is 3. The van der Waals surface area contributed by atoms with Gasteiger partial charge in [0.2, 0.25) is 5.95 Å². The smallest absolute Gasteiger partial charge is 0.222 e. The minimum absolute atomic E-state index is 0.133. The van der Waals surface area contributed by atoms with E-state index in [2.05, 4.69) is 51.8 Å². The minimum atomic E-state index is 0.133. The largest absolute Gasteiger partial charge is 0.497 e. The first-order valence-corrected chi connectivity index (χ1v) is 7.70. The second kappa shape index (κ2) is 5.76. The van der Waals surface area contributed by atoms with Crippen LogP contribution < -0.4 is 10.1 Å². The number of ether oxygens (including phenoxy) is 1. The second-order valence-electron chi connectivity index (χ2n) is 5.66. The molecule has 1 aliphatic heterocycles. The fourth-order valence-electron chi connectivity index (χ4n) is 3.15. The predicted molar refractivity (Wildman–Crippen MR) is 88.6 cm³/mol. The third kappa shape index (κ3) is 2.54. The Bertz CT molecular complexity index is 800. The first-order valence-electron chi connectivity index (χ1n) is 7.70. The quantitative estimate of drug-likeness (QED) is 0.805. The molecule has 23 heavy (non-hydrogen) atoms. The Hall–Kier alpha value is -2.82. The molecule has 2 aromatic carbocycles.